The Morgan fingerprint density at radius 2 is 1.70 bits per heavy atom. The average Bonchev–Trinajstić information content (AvgIpc) is 2.37. The largest absolute Gasteiger partial charge is 0.489 e. The lowest BCUT2D eigenvalue weighted by atomic mass is 10.0. The van der Waals surface area contributed by atoms with E-state index in [0.717, 1.165) is 5.56 Å². The lowest BCUT2D eigenvalue weighted by Gasteiger charge is -2.13. The molecule has 2 aromatic carbocycles. The van der Waals surface area contributed by atoms with Crippen molar-refractivity contribution in [3.63, 3.8) is 0 Å². The van der Waals surface area contributed by atoms with Gasteiger partial charge in [0.2, 0.25) is 0 Å². The summed E-state index contributed by atoms with van der Waals surface area (Å²) in [6.07, 6.45) is 0. The third-order valence-electron chi connectivity index (χ3n) is 3.47. The van der Waals surface area contributed by atoms with E-state index in [1.165, 1.54) is 22.8 Å². The van der Waals surface area contributed by atoms with Crippen LogP contribution in [0.2, 0.25) is 0 Å². The van der Waals surface area contributed by atoms with Crippen molar-refractivity contribution >= 4 is 0 Å². The van der Waals surface area contributed by atoms with E-state index in [-0.39, 0.29) is 12.4 Å². The Kier molecular flexibility index (Phi) is 4.40. The van der Waals surface area contributed by atoms with Crippen molar-refractivity contribution in [1.29, 1.82) is 0 Å². The number of aryl methyl sites for hydroxylation is 3. The Bertz CT molecular complexity index is 599. The van der Waals surface area contributed by atoms with Crippen molar-refractivity contribution in [2.45, 2.75) is 33.9 Å². The normalized spacial score (nSPS) is 10.7. The van der Waals surface area contributed by atoms with Gasteiger partial charge in [-0.1, -0.05) is 23.8 Å². The molecule has 0 saturated heterocycles. The SMILES string of the molecule is Cc1cc(C)c(COc2ccc(CN)c(F)c2)c(C)c1. The quantitative estimate of drug-likeness (QED) is 0.920. The summed E-state index contributed by atoms with van der Waals surface area (Å²) in [5.74, 6) is 0.210. The molecule has 0 aliphatic rings. The fourth-order valence-corrected chi connectivity index (χ4v) is 2.38. The average molecular weight is 273 g/mol. The van der Waals surface area contributed by atoms with Gasteiger partial charge in [0.1, 0.15) is 18.2 Å². The van der Waals surface area contributed by atoms with E-state index in [0.29, 0.717) is 17.9 Å². The van der Waals surface area contributed by atoms with E-state index in [2.05, 4.69) is 32.9 Å². The van der Waals surface area contributed by atoms with Crippen LogP contribution in [-0.2, 0) is 13.2 Å². The zero-order valence-corrected chi connectivity index (χ0v) is 12.2. The third-order valence-corrected chi connectivity index (χ3v) is 3.47. The molecule has 0 atom stereocenters. The number of ether oxygens (including phenoxy) is 1. The summed E-state index contributed by atoms with van der Waals surface area (Å²) in [5, 5.41) is 0. The first-order valence-corrected chi connectivity index (χ1v) is 6.69. The molecule has 0 amide bonds. The fourth-order valence-electron chi connectivity index (χ4n) is 2.38. The number of benzene rings is 2. The molecule has 2 nitrogen and oxygen atoms in total. The second-order valence-electron chi connectivity index (χ2n) is 5.12. The molecule has 0 radical (unpaired) electrons. The summed E-state index contributed by atoms with van der Waals surface area (Å²) in [4.78, 5) is 0. The zero-order chi connectivity index (χ0) is 14.7. The summed E-state index contributed by atoms with van der Waals surface area (Å²) in [6, 6.07) is 9.07. The molecule has 0 heterocycles. The Labute approximate surface area is 119 Å². The molecule has 0 saturated carbocycles. The van der Waals surface area contributed by atoms with Gasteiger partial charge < -0.3 is 10.5 Å². The van der Waals surface area contributed by atoms with Crippen molar-refractivity contribution in [1.82, 2.24) is 0 Å². The van der Waals surface area contributed by atoms with Crippen molar-refractivity contribution in [2.75, 3.05) is 0 Å². The predicted octanol–water partition coefficient (Wildman–Crippen LogP) is 3.79. The van der Waals surface area contributed by atoms with Gasteiger partial charge in [-0.25, -0.2) is 4.39 Å². The van der Waals surface area contributed by atoms with Crippen molar-refractivity contribution in [2.24, 2.45) is 5.73 Å². The van der Waals surface area contributed by atoms with Crippen LogP contribution in [0.1, 0.15) is 27.8 Å². The number of rotatable bonds is 4. The molecule has 2 aromatic rings. The predicted molar refractivity (Wildman–Crippen MR) is 79.3 cm³/mol. The molecule has 2 rings (SSSR count). The Morgan fingerprint density at radius 3 is 2.25 bits per heavy atom. The molecule has 0 bridgehead atoms. The lowest BCUT2D eigenvalue weighted by molar-refractivity contribution is 0.303. The number of hydrogen-bond acceptors (Lipinski definition) is 2. The van der Waals surface area contributed by atoms with E-state index in [1.807, 2.05) is 0 Å². The highest BCUT2D eigenvalue weighted by molar-refractivity contribution is 5.37. The minimum Gasteiger partial charge on any atom is -0.489 e. The number of hydrogen-bond donors (Lipinski definition) is 1. The van der Waals surface area contributed by atoms with Crippen molar-refractivity contribution in [3.8, 4) is 5.75 Å². The highest BCUT2D eigenvalue weighted by Crippen LogP contribution is 2.21. The van der Waals surface area contributed by atoms with E-state index < -0.39 is 0 Å². The van der Waals surface area contributed by atoms with E-state index in [9.17, 15) is 4.39 Å². The zero-order valence-electron chi connectivity index (χ0n) is 12.2. The van der Waals surface area contributed by atoms with Crippen LogP contribution in [0.15, 0.2) is 30.3 Å². The van der Waals surface area contributed by atoms with E-state index in [1.54, 1.807) is 12.1 Å². The second kappa shape index (κ2) is 6.06. The third kappa shape index (κ3) is 3.17. The maximum atomic E-state index is 13.6. The first kappa shape index (κ1) is 14.5. The van der Waals surface area contributed by atoms with Gasteiger partial charge in [-0.2, -0.15) is 0 Å². The van der Waals surface area contributed by atoms with Crippen molar-refractivity contribution in [3.05, 3.63) is 64.0 Å². The highest BCUT2D eigenvalue weighted by atomic mass is 19.1. The maximum Gasteiger partial charge on any atom is 0.131 e. The van der Waals surface area contributed by atoms with E-state index >= 15 is 0 Å². The molecule has 3 heteroatoms. The van der Waals surface area contributed by atoms with Crippen LogP contribution in [-0.4, -0.2) is 0 Å². The van der Waals surface area contributed by atoms with Crippen LogP contribution in [0.4, 0.5) is 4.39 Å². The summed E-state index contributed by atoms with van der Waals surface area (Å²) in [7, 11) is 0. The lowest BCUT2D eigenvalue weighted by Crippen LogP contribution is -2.03. The molecule has 0 aromatic heterocycles. The van der Waals surface area contributed by atoms with Gasteiger partial charge in [0.25, 0.3) is 0 Å². The summed E-state index contributed by atoms with van der Waals surface area (Å²) >= 11 is 0. The van der Waals surface area contributed by atoms with Crippen LogP contribution in [0.25, 0.3) is 0 Å². The van der Waals surface area contributed by atoms with Gasteiger partial charge in [-0.15, -0.1) is 0 Å². The number of nitrogens with two attached hydrogens (primary N) is 1. The van der Waals surface area contributed by atoms with Gasteiger partial charge >= 0.3 is 0 Å². The molecule has 20 heavy (non-hydrogen) atoms. The van der Waals surface area contributed by atoms with Crippen LogP contribution in [0.5, 0.6) is 5.75 Å². The maximum absolute atomic E-state index is 13.6. The van der Waals surface area contributed by atoms with Crippen LogP contribution < -0.4 is 10.5 Å². The van der Waals surface area contributed by atoms with Crippen LogP contribution in [0.3, 0.4) is 0 Å². The Morgan fingerprint density at radius 1 is 1.05 bits per heavy atom. The summed E-state index contributed by atoms with van der Waals surface area (Å²) < 4.78 is 19.3. The molecule has 2 N–H and O–H groups in total. The standard InChI is InChI=1S/C17H20FNO/c1-11-6-12(2)16(13(3)7-11)10-20-15-5-4-14(9-19)17(18)8-15/h4-8H,9-10,19H2,1-3H3. The molecule has 0 aliphatic carbocycles. The highest BCUT2D eigenvalue weighted by Gasteiger charge is 2.07. The fraction of sp³-hybridized carbons (Fsp3) is 0.294. The smallest absolute Gasteiger partial charge is 0.131 e. The minimum atomic E-state index is -0.317. The van der Waals surface area contributed by atoms with Crippen LogP contribution in [0, 0.1) is 26.6 Å². The van der Waals surface area contributed by atoms with Gasteiger partial charge in [0, 0.05) is 18.2 Å². The van der Waals surface area contributed by atoms with Crippen LogP contribution >= 0.6 is 0 Å². The van der Waals surface area contributed by atoms with Gasteiger partial charge in [-0.05, 0) is 43.5 Å². The Balaban J connectivity index is 2.15. The van der Waals surface area contributed by atoms with E-state index in [4.69, 9.17) is 10.5 Å². The molecule has 0 unspecified atom stereocenters. The molecule has 0 aliphatic heterocycles. The van der Waals surface area contributed by atoms with Gasteiger partial charge in [0.15, 0.2) is 0 Å². The second-order valence-corrected chi connectivity index (χ2v) is 5.12. The molecular weight excluding hydrogens is 253 g/mol. The first-order valence-electron chi connectivity index (χ1n) is 6.69. The summed E-state index contributed by atoms with van der Waals surface area (Å²) in [6.45, 7) is 6.85. The minimum absolute atomic E-state index is 0.197. The van der Waals surface area contributed by atoms with Crippen molar-refractivity contribution < 1.29 is 9.13 Å². The van der Waals surface area contributed by atoms with Gasteiger partial charge in [0.05, 0.1) is 0 Å². The Hall–Kier alpha value is -1.87. The monoisotopic (exact) mass is 273 g/mol. The molecule has 0 spiro atoms. The molecule has 0 fully saturated rings. The molecular formula is C17H20FNO. The van der Waals surface area contributed by atoms with Gasteiger partial charge in [-0.3, -0.25) is 0 Å². The summed E-state index contributed by atoms with van der Waals surface area (Å²) in [5.41, 5.74) is 10.7. The molecule has 106 valence electrons. The topological polar surface area (TPSA) is 35.2 Å². The number of halogens is 1. The first-order chi connectivity index (χ1) is 9.51.